The maximum atomic E-state index is 12.4. The van der Waals surface area contributed by atoms with Gasteiger partial charge in [-0.15, -0.1) is 0 Å². The van der Waals surface area contributed by atoms with Gasteiger partial charge in [0.2, 0.25) is 0 Å². The van der Waals surface area contributed by atoms with Gasteiger partial charge < -0.3 is 15.2 Å². The maximum Gasteiger partial charge on any atom is 0.282 e. The molecule has 1 aliphatic heterocycles. The van der Waals surface area contributed by atoms with E-state index in [1.165, 1.54) is 8.61 Å². The van der Waals surface area contributed by atoms with Gasteiger partial charge in [-0.05, 0) is 6.42 Å². The summed E-state index contributed by atoms with van der Waals surface area (Å²) in [5.41, 5.74) is 5.75. The first-order valence-corrected chi connectivity index (χ1v) is 7.40. The predicted molar refractivity (Wildman–Crippen MR) is 68.4 cm³/mol. The van der Waals surface area contributed by atoms with Gasteiger partial charge in [0.1, 0.15) is 0 Å². The van der Waals surface area contributed by atoms with E-state index in [9.17, 15) is 8.42 Å². The molecule has 1 atom stereocenters. The minimum atomic E-state index is -3.45. The molecule has 0 saturated carbocycles. The Morgan fingerprint density at radius 1 is 1.28 bits per heavy atom. The second kappa shape index (κ2) is 7.37. The highest BCUT2D eigenvalue weighted by Crippen LogP contribution is 2.15. The predicted octanol–water partition coefficient (Wildman–Crippen LogP) is -1.14. The van der Waals surface area contributed by atoms with Crippen LogP contribution >= 0.6 is 0 Å². The van der Waals surface area contributed by atoms with E-state index in [0.717, 1.165) is 0 Å². The Hall–Kier alpha value is -0.250. The van der Waals surface area contributed by atoms with E-state index in [4.69, 9.17) is 15.2 Å². The highest BCUT2D eigenvalue weighted by molar-refractivity contribution is 7.86. The van der Waals surface area contributed by atoms with Crippen LogP contribution in [0.25, 0.3) is 0 Å². The van der Waals surface area contributed by atoms with Crippen molar-refractivity contribution in [2.24, 2.45) is 5.73 Å². The SMILES string of the molecule is COCCN(CCOC)S(=O)(=O)N1CC[C@@H](N)C1. The van der Waals surface area contributed by atoms with Crippen LogP contribution in [0.2, 0.25) is 0 Å². The average Bonchev–Trinajstić information content (AvgIpc) is 2.76. The normalized spacial score (nSPS) is 21.9. The molecule has 0 amide bonds. The van der Waals surface area contributed by atoms with E-state index in [1.807, 2.05) is 0 Å². The first-order valence-electron chi connectivity index (χ1n) is 6.01. The van der Waals surface area contributed by atoms with Crippen LogP contribution in [0.15, 0.2) is 0 Å². The van der Waals surface area contributed by atoms with Crippen LogP contribution in [0.3, 0.4) is 0 Å². The lowest BCUT2D eigenvalue weighted by atomic mass is 10.3. The van der Waals surface area contributed by atoms with E-state index in [0.29, 0.717) is 45.8 Å². The lowest BCUT2D eigenvalue weighted by Crippen LogP contribution is -2.46. The Bertz CT molecular complexity index is 328. The molecule has 1 heterocycles. The number of hydrogen-bond acceptors (Lipinski definition) is 5. The minimum absolute atomic E-state index is 0.0634. The Kier molecular flexibility index (Phi) is 6.47. The van der Waals surface area contributed by atoms with E-state index in [1.54, 1.807) is 14.2 Å². The third-order valence-electron chi connectivity index (χ3n) is 2.93. The molecule has 0 bridgehead atoms. The summed E-state index contributed by atoms with van der Waals surface area (Å²) < 4.78 is 37.5. The van der Waals surface area contributed by atoms with E-state index in [-0.39, 0.29) is 6.04 Å². The van der Waals surface area contributed by atoms with Crippen LogP contribution in [0.5, 0.6) is 0 Å². The number of methoxy groups -OCH3 is 2. The van der Waals surface area contributed by atoms with Crippen molar-refractivity contribution in [1.82, 2.24) is 8.61 Å². The van der Waals surface area contributed by atoms with Gasteiger partial charge in [0.05, 0.1) is 13.2 Å². The molecular weight excluding hydrogens is 258 g/mol. The smallest absolute Gasteiger partial charge is 0.282 e. The van der Waals surface area contributed by atoms with Crippen molar-refractivity contribution in [2.75, 3.05) is 53.6 Å². The van der Waals surface area contributed by atoms with Gasteiger partial charge >= 0.3 is 0 Å². The molecule has 1 fully saturated rings. The molecule has 8 heteroatoms. The molecule has 0 aromatic rings. The van der Waals surface area contributed by atoms with Crippen molar-refractivity contribution in [2.45, 2.75) is 12.5 Å². The van der Waals surface area contributed by atoms with Crippen molar-refractivity contribution in [3.8, 4) is 0 Å². The summed E-state index contributed by atoms with van der Waals surface area (Å²) in [5.74, 6) is 0. The number of hydrogen-bond donors (Lipinski definition) is 1. The van der Waals surface area contributed by atoms with Crippen LogP contribution in [-0.4, -0.2) is 76.7 Å². The van der Waals surface area contributed by atoms with Crippen LogP contribution in [0.1, 0.15) is 6.42 Å². The number of ether oxygens (including phenoxy) is 2. The summed E-state index contributed by atoms with van der Waals surface area (Å²) in [5, 5.41) is 0. The highest BCUT2D eigenvalue weighted by atomic mass is 32.2. The van der Waals surface area contributed by atoms with Crippen LogP contribution in [0, 0.1) is 0 Å². The summed E-state index contributed by atoms with van der Waals surface area (Å²) in [6.07, 6.45) is 0.710. The molecule has 0 spiro atoms. The summed E-state index contributed by atoms with van der Waals surface area (Å²) in [6, 6.07) is -0.0634. The second-order valence-electron chi connectivity index (χ2n) is 4.30. The minimum Gasteiger partial charge on any atom is -0.383 e. The number of nitrogens with two attached hydrogens (primary N) is 1. The molecule has 1 rings (SSSR count). The van der Waals surface area contributed by atoms with Crippen LogP contribution < -0.4 is 5.73 Å². The topological polar surface area (TPSA) is 85.1 Å². The zero-order valence-electron chi connectivity index (χ0n) is 11.0. The van der Waals surface area contributed by atoms with Crippen molar-refractivity contribution in [1.29, 1.82) is 0 Å². The van der Waals surface area contributed by atoms with Gasteiger partial charge in [0.25, 0.3) is 10.2 Å². The molecule has 0 aliphatic carbocycles. The monoisotopic (exact) mass is 281 g/mol. The van der Waals surface area contributed by atoms with Crippen molar-refractivity contribution >= 4 is 10.2 Å². The number of nitrogens with zero attached hydrogens (tertiary/aromatic N) is 2. The van der Waals surface area contributed by atoms with E-state index >= 15 is 0 Å². The molecule has 2 N–H and O–H groups in total. The molecular formula is C10H23N3O4S. The molecule has 18 heavy (non-hydrogen) atoms. The fraction of sp³-hybridized carbons (Fsp3) is 1.00. The first-order chi connectivity index (χ1) is 8.52. The van der Waals surface area contributed by atoms with Gasteiger partial charge in [-0.3, -0.25) is 0 Å². The summed E-state index contributed by atoms with van der Waals surface area (Å²) in [4.78, 5) is 0. The lowest BCUT2D eigenvalue weighted by Gasteiger charge is -2.26. The van der Waals surface area contributed by atoms with Gasteiger partial charge in [0.15, 0.2) is 0 Å². The zero-order chi connectivity index (χ0) is 13.6. The standard InChI is InChI=1S/C10H23N3O4S/c1-16-7-5-12(6-8-17-2)18(14,15)13-4-3-10(11)9-13/h10H,3-9,11H2,1-2H3/t10-/m1/s1. The van der Waals surface area contributed by atoms with Gasteiger partial charge in [-0.2, -0.15) is 17.0 Å². The third-order valence-corrected chi connectivity index (χ3v) is 4.93. The van der Waals surface area contributed by atoms with Crippen LogP contribution in [-0.2, 0) is 19.7 Å². The molecule has 0 radical (unpaired) electrons. The molecule has 1 saturated heterocycles. The fourth-order valence-electron chi connectivity index (χ4n) is 1.86. The Labute approximate surface area is 109 Å². The van der Waals surface area contributed by atoms with Crippen molar-refractivity contribution < 1.29 is 17.9 Å². The summed E-state index contributed by atoms with van der Waals surface area (Å²) in [6.45, 7) is 2.26. The summed E-state index contributed by atoms with van der Waals surface area (Å²) >= 11 is 0. The molecule has 1 aliphatic rings. The van der Waals surface area contributed by atoms with Crippen molar-refractivity contribution in [3.63, 3.8) is 0 Å². The lowest BCUT2D eigenvalue weighted by molar-refractivity contribution is 0.147. The first kappa shape index (κ1) is 15.8. The largest absolute Gasteiger partial charge is 0.383 e. The molecule has 7 nitrogen and oxygen atoms in total. The van der Waals surface area contributed by atoms with Crippen LogP contribution in [0.4, 0.5) is 0 Å². The highest BCUT2D eigenvalue weighted by Gasteiger charge is 2.33. The zero-order valence-corrected chi connectivity index (χ0v) is 11.9. The maximum absolute atomic E-state index is 12.4. The van der Waals surface area contributed by atoms with E-state index in [2.05, 4.69) is 0 Å². The summed E-state index contributed by atoms with van der Waals surface area (Å²) in [7, 11) is -0.355. The Balaban J connectivity index is 2.68. The third kappa shape index (κ3) is 4.15. The quantitative estimate of drug-likeness (QED) is 0.608. The second-order valence-corrected chi connectivity index (χ2v) is 6.23. The van der Waals surface area contributed by atoms with E-state index < -0.39 is 10.2 Å². The molecule has 0 unspecified atom stereocenters. The average molecular weight is 281 g/mol. The molecule has 0 aromatic heterocycles. The molecule has 108 valence electrons. The van der Waals surface area contributed by atoms with Gasteiger partial charge in [0, 0.05) is 46.4 Å². The Morgan fingerprint density at radius 3 is 2.22 bits per heavy atom. The van der Waals surface area contributed by atoms with Gasteiger partial charge in [-0.25, -0.2) is 0 Å². The van der Waals surface area contributed by atoms with Gasteiger partial charge in [-0.1, -0.05) is 0 Å². The molecule has 0 aromatic carbocycles. The number of rotatable bonds is 8. The Morgan fingerprint density at radius 2 is 1.83 bits per heavy atom. The van der Waals surface area contributed by atoms with Crippen molar-refractivity contribution in [3.05, 3.63) is 0 Å². The fourth-order valence-corrected chi connectivity index (χ4v) is 3.51.